The molecule has 0 heterocycles. The van der Waals surface area contributed by atoms with Crippen LogP contribution < -0.4 is 5.73 Å². The van der Waals surface area contributed by atoms with Crippen molar-refractivity contribution in [3.8, 4) is 0 Å². The van der Waals surface area contributed by atoms with Gasteiger partial charge in [0.05, 0.1) is 6.17 Å². The molecule has 0 spiro atoms. The molecule has 11 heavy (non-hydrogen) atoms. The van der Waals surface area contributed by atoms with E-state index in [1.54, 1.807) is 0 Å². The Morgan fingerprint density at radius 1 is 1.82 bits per heavy atom. The second-order valence-electron chi connectivity index (χ2n) is 2.06. The van der Waals surface area contributed by atoms with E-state index in [4.69, 9.17) is 16.4 Å². The zero-order valence-corrected chi connectivity index (χ0v) is 5.97. The Kier molecular flexibility index (Phi) is 4.89. The van der Waals surface area contributed by atoms with Crippen LogP contribution in [-0.2, 0) is 4.79 Å². The number of rotatable bonds is 5. The molecule has 0 aliphatic rings. The summed E-state index contributed by atoms with van der Waals surface area (Å²) in [6, 6.07) is 0. The molecule has 62 valence electrons. The number of carboxylic acid groups (broad SMARTS) is 1. The maximum absolute atomic E-state index is 9.99. The molecule has 6 nitrogen and oxygen atoms in total. The molecule has 1 unspecified atom stereocenters. The van der Waals surface area contributed by atoms with E-state index in [9.17, 15) is 4.79 Å². The van der Waals surface area contributed by atoms with Crippen LogP contribution >= 0.6 is 0 Å². The van der Waals surface area contributed by atoms with E-state index in [0.29, 0.717) is 12.8 Å². The smallest absolute Gasteiger partial charge is 0.303 e. The highest BCUT2D eigenvalue weighted by molar-refractivity contribution is 5.66. The summed E-state index contributed by atoms with van der Waals surface area (Å²) in [6.07, 6.45) is 0.319. The average molecular weight is 158 g/mol. The van der Waals surface area contributed by atoms with Crippen LogP contribution in [0.1, 0.15) is 19.3 Å². The van der Waals surface area contributed by atoms with Crippen LogP contribution in [0, 0.1) is 0 Å². The van der Waals surface area contributed by atoms with E-state index in [0.717, 1.165) is 0 Å². The normalized spacial score (nSPS) is 11.7. The Morgan fingerprint density at radius 2 is 2.45 bits per heavy atom. The highest BCUT2D eigenvalue weighted by atomic mass is 16.4. The second-order valence-corrected chi connectivity index (χ2v) is 2.06. The lowest BCUT2D eigenvalue weighted by atomic mass is 10.2. The zero-order chi connectivity index (χ0) is 8.69. The van der Waals surface area contributed by atoms with Crippen molar-refractivity contribution in [2.75, 3.05) is 0 Å². The third kappa shape index (κ3) is 6.63. The van der Waals surface area contributed by atoms with Gasteiger partial charge in [0.1, 0.15) is 0 Å². The Morgan fingerprint density at radius 3 is 2.91 bits per heavy atom. The Labute approximate surface area is 63.6 Å². The lowest BCUT2D eigenvalue weighted by Crippen LogP contribution is -2.16. The molecule has 0 radical (unpaired) electrons. The Hall–Kier alpha value is -1.26. The Bertz CT molecular complexity index is 175. The molecular formula is C5H10N4O2. The van der Waals surface area contributed by atoms with Gasteiger partial charge in [-0.15, -0.1) is 0 Å². The van der Waals surface area contributed by atoms with Crippen molar-refractivity contribution in [3.05, 3.63) is 10.4 Å². The zero-order valence-electron chi connectivity index (χ0n) is 5.97. The van der Waals surface area contributed by atoms with Gasteiger partial charge in [-0.1, -0.05) is 5.11 Å². The molecule has 0 aromatic heterocycles. The summed E-state index contributed by atoms with van der Waals surface area (Å²) < 4.78 is 0. The SMILES string of the molecule is [N-]=[N+]=NC(N)CCCC(=O)O. The number of aliphatic carboxylic acids is 1. The molecule has 3 N–H and O–H groups in total. The molecule has 0 aromatic rings. The van der Waals surface area contributed by atoms with E-state index in [2.05, 4.69) is 10.0 Å². The average Bonchev–Trinajstić information content (AvgIpc) is 1.87. The minimum atomic E-state index is -0.863. The fraction of sp³-hybridized carbons (Fsp3) is 0.800. The van der Waals surface area contributed by atoms with Crippen molar-refractivity contribution in [2.24, 2.45) is 10.8 Å². The number of carbonyl (C=O) groups is 1. The maximum Gasteiger partial charge on any atom is 0.303 e. The first-order chi connectivity index (χ1) is 5.16. The van der Waals surface area contributed by atoms with Crippen LogP contribution in [0.4, 0.5) is 0 Å². The van der Waals surface area contributed by atoms with Crippen LogP contribution in [-0.4, -0.2) is 17.2 Å². The molecule has 0 saturated carbocycles. The number of nitrogens with zero attached hydrogens (tertiary/aromatic N) is 3. The van der Waals surface area contributed by atoms with Gasteiger partial charge in [0.2, 0.25) is 0 Å². The number of hydrogen-bond acceptors (Lipinski definition) is 3. The van der Waals surface area contributed by atoms with E-state index in [1.165, 1.54) is 0 Å². The van der Waals surface area contributed by atoms with Crippen LogP contribution in [0.3, 0.4) is 0 Å². The maximum atomic E-state index is 9.99. The predicted molar refractivity (Wildman–Crippen MR) is 38.6 cm³/mol. The predicted octanol–water partition coefficient (Wildman–Crippen LogP) is 0.836. The van der Waals surface area contributed by atoms with E-state index in [1.807, 2.05) is 0 Å². The van der Waals surface area contributed by atoms with Gasteiger partial charge in [0, 0.05) is 11.3 Å². The molecule has 6 heteroatoms. The number of carboxylic acids is 1. The number of azide groups is 1. The summed E-state index contributed by atoms with van der Waals surface area (Å²) in [5.41, 5.74) is 13.2. The summed E-state index contributed by atoms with van der Waals surface area (Å²) in [5, 5.41) is 11.4. The molecule has 0 aromatic carbocycles. The molecule has 0 aliphatic heterocycles. The van der Waals surface area contributed by atoms with Gasteiger partial charge in [0.25, 0.3) is 0 Å². The largest absolute Gasteiger partial charge is 0.481 e. The molecule has 0 bridgehead atoms. The van der Waals surface area contributed by atoms with Gasteiger partial charge in [-0.2, -0.15) is 0 Å². The monoisotopic (exact) mass is 158 g/mol. The van der Waals surface area contributed by atoms with Crippen molar-refractivity contribution < 1.29 is 9.90 Å². The lowest BCUT2D eigenvalue weighted by molar-refractivity contribution is -0.137. The molecule has 0 saturated heterocycles. The first-order valence-corrected chi connectivity index (χ1v) is 3.18. The summed E-state index contributed by atoms with van der Waals surface area (Å²) in [6.45, 7) is 0. The Balaban J connectivity index is 3.38. The third-order valence-electron chi connectivity index (χ3n) is 1.09. The van der Waals surface area contributed by atoms with E-state index in [-0.39, 0.29) is 6.42 Å². The van der Waals surface area contributed by atoms with Gasteiger partial charge < -0.3 is 10.8 Å². The van der Waals surface area contributed by atoms with Crippen LogP contribution in [0.25, 0.3) is 10.4 Å². The second kappa shape index (κ2) is 5.52. The first kappa shape index (κ1) is 9.74. The standard InChI is InChI=1S/C5H10N4O2/c6-4(8-9-7)2-1-3-5(10)11/h4H,1-3,6H2,(H,10,11). The highest BCUT2D eigenvalue weighted by Crippen LogP contribution is 1.99. The molecule has 0 rings (SSSR count). The summed E-state index contributed by atoms with van der Waals surface area (Å²) in [7, 11) is 0. The fourth-order valence-corrected chi connectivity index (χ4v) is 0.586. The van der Waals surface area contributed by atoms with E-state index >= 15 is 0 Å². The van der Waals surface area contributed by atoms with Gasteiger partial charge in [-0.25, -0.2) is 0 Å². The molecule has 0 amide bonds. The summed E-state index contributed by atoms with van der Waals surface area (Å²) in [5.74, 6) is -0.863. The molecule has 0 fully saturated rings. The van der Waals surface area contributed by atoms with Crippen LogP contribution in [0.15, 0.2) is 5.11 Å². The molecule has 1 atom stereocenters. The van der Waals surface area contributed by atoms with Crippen molar-refractivity contribution in [2.45, 2.75) is 25.4 Å². The van der Waals surface area contributed by atoms with Crippen molar-refractivity contribution in [1.29, 1.82) is 0 Å². The number of hydrogen-bond donors (Lipinski definition) is 2. The van der Waals surface area contributed by atoms with Gasteiger partial charge in [-0.3, -0.25) is 4.79 Å². The topological polar surface area (TPSA) is 112 Å². The minimum absolute atomic E-state index is 0.0641. The minimum Gasteiger partial charge on any atom is -0.481 e. The highest BCUT2D eigenvalue weighted by Gasteiger charge is 2.00. The first-order valence-electron chi connectivity index (χ1n) is 3.18. The summed E-state index contributed by atoms with van der Waals surface area (Å²) >= 11 is 0. The molecular weight excluding hydrogens is 148 g/mol. The summed E-state index contributed by atoms with van der Waals surface area (Å²) in [4.78, 5) is 12.5. The molecule has 0 aliphatic carbocycles. The third-order valence-corrected chi connectivity index (χ3v) is 1.09. The van der Waals surface area contributed by atoms with Crippen molar-refractivity contribution >= 4 is 5.97 Å². The van der Waals surface area contributed by atoms with E-state index < -0.39 is 12.1 Å². The van der Waals surface area contributed by atoms with Gasteiger partial charge >= 0.3 is 5.97 Å². The van der Waals surface area contributed by atoms with Gasteiger partial charge in [0.15, 0.2) is 0 Å². The van der Waals surface area contributed by atoms with Crippen molar-refractivity contribution in [3.63, 3.8) is 0 Å². The fourth-order valence-electron chi connectivity index (χ4n) is 0.586. The lowest BCUT2D eigenvalue weighted by Gasteiger charge is -2.00. The van der Waals surface area contributed by atoms with Gasteiger partial charge in [-0.05, 0) is 18.4 Å². The number of nitrogens with two attached hydrogens (primary N) is 1. The van der Waals surface area contributed by atoms with Crippen molar-refractivity contribution in [1.82, 2.24) is 0 Å². The van der Waals surface area contributed by atoms with Crippen LogP contribution in [0.2, 0.25) is 0 Å². The quantitative estimate of drug-likeness (QED) is 0.351. The van der Waals surface area contributed by atoms with Crippen LogP contribution in [0.5, 0.6) is 0 Å².